The van der Waals surface area contributed by atoms with E-state index in [1.165, 1.54) is 77.0 Å². The number of phenols is 2. The van der Waals surface area contributed by atoms with Gasteiger partial charge in [0.05, 0.1) is 26.4 Å². The molecule has 0 spiro atoms. The quantitative estimate of drug-likeness (QED) is 0.0808. The number of benzene rings is 2. The molecule has 0 heterocycles. The van der Waals surface area contributed by atoms with Crippen LogP contribution < -0.4 is 23.7 Å². The molecule has 0 aliphatic heterocycles. The van der Waals surface area contributed by atoms with Crippen LogP contribution in [0.2, 0.25) is 0 Å². The minimum absolute atomic E-state index is 0.00985. The van der Waals surface area contributed by atoms with Gasteiger partial charge in [0.15, 0.2) is 23.0 Å². The van der Waals surface area contributed by atoms with Crippen molar-refractivity contribution in [3.63, 3.8) is 0 Å². The number of phenolic OH excluding ortho intramolecular Hbond substituents is 2. The van der Waals surface area contributed by atoms with E-state index in [1.807, 2.05) is 0 Å². The lowest BCUT2D eigenvalue weighted by molar-refractivity contribution is 0.260. The number of ether oxygens (including phenoxy) is 5. The second kappa shape index (κ2) is 26.0. The molecule has 7 nitrogen and oxygen atoms in total. The monoisotopic (exact) mass is 658 g/mol. The molecule has 2 N–H and O–H groups in total. The third-order valence-corrected chi connectivity index (χ3v) is 8.28. The Hall–Kier alpha value is -2.96. The minimum atomic E-state index is -0.00985. The zero-order valence-corrected chi connectivity index (χ0v) is 30.2. The van der Waals surface area contributed by atoms with Gasteiger partial charge in [0.2, 0.25) is 11.5 Å². The summed E-state index contributed by atoms with van der Waals surface area (Å²) in [7, 11) is 0. The van der Waals surface area contributed by atoms with E-state index in [4.69, 9.17) is 23.7 Å². The van der Waals surface area contributed by atoms with Crippen LogP contribution in [0, 0.1) is 0 Å². The zero-order chi connectivity index (χ0) is 34.0. The molecule has 0 atom stereocenters. The maximum atomic E-state index is 11.1. The summed E-state index contributed by atoms with van der Waals surface area (Å²) in [5.74, 6) is 2.26. The van der Waals surface area contributed by atoms with Gasteiger partial charge in [0.25, 0.3) is 0 Å². The van der Waals surface area contributed by atoms with Crippen LogP contribution in [-0.2, 0) is 0 Å². The van der Waals surface area contributed by atoms with Gasteiger partial charge in [0, 0.05) is 24.3 Å². The normalized spacial score (nSPS) is 11.1. The first-order chi connectivity index (χ1) is 23.0. The molecule has 0 saturated carbocycles. The van der Waals surface area contributed by atoms with Gasteiger partial charge in [-0.05, 0) is 25.7 Å². The highest BCUT2D eigenvalue weighted by Gasteiger charge is 2.18. The van der Waals surface area contributed by atoms with Gasteiger partial charge in [-0.15, -0.1) is 0 Å². The Labute approximate surface area is 286 Å². The summed E-state index contributed by atoms with van der Waals surface area (Å²) >= 11 is 0. The number of hydrogen-bond donors (Lipinski definition) is 2. The Balaban J connectivity index is 2.24. The molecule has 268 valence electrons. The van der Waals surface area contributed by atoms with Crippen molar-refractivity contribution >= 4 is 0 Å². The van der Waals surface area contributed by atoms with E-state index in [1.54, 1.807) is 24.3 Å². The van der Waals surface area contributed by atoms with Crippen molar-refractivity contribution in [1.29, 1.82) is 0 Å². The Morgan fingerprint density at radius 3 is 0.830 bits per heavy atom. The summed E-state index contributed by atoms with van der Waals surface area (Å²) in [6.07, 6.45) is 22.3. The maximum absolute atomic E-state index is 11.1. The van der Waals surface area contributed by atoms with Crippen molar-refractivity contribution in [1.82, 2.24) is 0 Å². The molecule has 0 unspecified atom stereocenters. The third-order valence-electron chi connectivity index (χ3n) is 8.28. The summed E-state index contributed by atoms with van der Waals surface area (Å²) in [5.41, 5.74) is 0. The third kappa shape index (κ3) is 17.1. The van der Waals surface area contributed by atoms with Gasteiger partial charge >= 0.3 is 0 Å². The Morgan fingerprint density at radius 1 is 0.362 bits per heavy atom. The van der Waals surface area contributed by atoms with E-state index >= 15 is 0 Å². The first-order valence-corrected chi connectivity index (χ1v) is 19.0. The van der Waals surface area contributed by atoms with Crippen LogP contribution in [-0.4, -0.2) is 36.6 Å². The van der Waals surface area contributed by atoms with E-state index in [0.29, 0.717) is 60.9 Å². The molecule has 7 heteroatoms. The fraction of sp³-hybridized carbons (Fsp3) is 0.700. The van der Waals surface area contributed by atoms with E-state index < -0.39 is 0 Å². The Morgan fingerprint density at radius 2 is 0.596 bits per heavy atom. The largest absolute Gasteiger partial charge is 0.502 e. The van der Waals surface area contributed by atoms with Crippen molar-refractivity contribution in [2.45, 2.75) is 156 Å². The molecular weight excluding hydrogens is 592 g/mol. The van der Waals surface area contributed by atoms with Crippen LogP contribution in [0.15, 0.2) is 24.3 Å². The maximum Gasteiger partial charge on any atom is 0.201 e. The number of aromatic hydroxyl groups is 2. The van der Waals surface area contributed by atoms with Gasteiger partial charge in [-0.3, -0.25) is 0 Å². The van der Waals surface area contributed by atoms with Crippen molar-refractivity contribution in [3.05, 3.63) is 24.3 Å². The van der Waals surface area contributed by atoms with Gasteiger partial charge in [-0.2, -0.15) is 0 Å². The lowest BCUT2D eigenvalue weighted by atomic mass is 10.2. The van der Waals surface area contributed by atoms with Gasteiger partial charge in [-0.25, -0.2) is 0 Å². The lowest BCUT2D eigenvalue weighted by Gasteiger charge is -2.17. The summed E-state index contributed by atoms with van der Waals surface area (Å²) in [6.45, 7) is 10.8. The second-order valence-electron chi connectivity index (χ2n) is 12.7. The molecule has 0 aliphatic rings. The van der Waals surface area contributed by atoms with Crippen LogP contribution in [0.3, 0.4) is 0 Å². The molecule has 47 heavy (non-hydrogen) atoms. The van der Waals surface area contributed by atoms with E-state index in [-0.39, 0.29) is 11.5 Å². The van der Waals surface area contributed by atoms with Gasteiger partial charge in [0.1, 0.15) is 11.5 Å². The predicted molar refractivity (Wildman–Crippen MR) is 193 cm³/mol. The van der Waals surface area contributed by atoms with Crippen LogP contribution in [0.5, 0.6) is 46.0 Å². The molecule has 0 bridgehead atoms. The number of unbranched alkanes of at least 4 members (excludes halogenated alkanes) is 16. The van der Waals surface area contributed by atoms with Crippen LogP contribution in [0.1, 0.15) is 156 Å². The highest BCUT2D eigenvalue weighted by Crippen LogP contribution is 2.45. The molecule has 2 aromatic rings. The highest BCUT2D eigenvalue weighted by atomic mass is 16.5. The zero-order valence-electron chi connectivity index (χ0n) is 30.2. The van der Waals surface area contributed by atoms with Gasteiger partial charge < -0.3 is 33.9 Å². The first kappa shape index (κ1) is 40.2. The van der Waals surface area contributed by atoms with Crippen LogP contribution in [0.4, 0.5) is 0 Å². The molecule has 0 fully saturated rings. The number of rotatable bonds is 30. The average molecular weight is 659 g/mol. The SMILES string of the molecule is CCCCCCCOc1cc(Oc2cc(OCCCCCCC)c(O)c(OCCCCCCC)c2)cc(OCCCCCCC)c1O. The molecular formula is C40H66O7. The molecule has 0 aliphatic carbocycles. The van der Waals surface area contributed by atoms with Crippen molar-refractivity contribution in [3.8, 4) is 46.0 Å². The van der Waals surface area contributed by atoms with Gasteiger partial charge in [-0.1, -0.05) is 130 Å². The number of hydrogen-bond acceptors (Lipinski definition) is 7. The van der Waals surface area contributed by atoms with Crippen molar-refractivity contribution in [2.24, 2.45) is 0 Å². The first-order valence-electron chi connectivity index (χ1n) is 19.0. The second-order valence-corrected chi connectivity index (χ2v) is 12.7. The predicted octanol–water partition coefficient (Wildman–Crippen LogP) is 12.3. The molecule has 0 aromatic heterocycles. The van der Waals surface area contributed by atoms with Crippen LogP contribution in [0.25, 0.3) is 0 Å². The smallest absolute Gasteiger partial charge is 0.201 e. The van der Waals surface area contributed by atoms with E-state index in [0.717, 1.165) is 51.4 Å². The summed E-state index contributed by atoms with van der Waals surface area (Å²) in [4.78, 5) is 0. The summed E-state index contributed by atoms with van der Waals surface area (Å²) in [6, 6.07) is 6.80. The van der Waals surface area contributed by atoms with E-state index in [9.17, 15) is 10.2 Å². The topological polar surface area (TPSA) is 86.6 Å². The van der Waals surface area contributed by atoms with E-state index in [2.05, 4.69) is 27.7 Å². The molecule has 2 aromatic carbocycles. The highest BCUT2D eigenvalue weighted by molar-refractivity contribution is 5.58. The lowest BCUT2D eigenvalue weighted by Crippen LogP contribution is -2.03. The fourth-order valence-electron chi connectivity index (χ4n) is 5.36. The molecule has 0 saturated heterocycles. The average Bonchev–Trinajstić information content (AvgIpc) is 3.07. The molecule has 0 amide bonds. The minimum Gasteiger partial charge on any atom is -0.502 e. The summed E-state index contributed by atoms with van der Waals surface area (Å²) in [5, 5.41) is 22.1. The molecule has 0 radical (unpaired) electrons. The van der Waals surface area contributed by atoms with Crippen molar-refractivity contribution < 1.29 is 33.9 Å². The summed E-state index contributed by atoms with van der Waals surface area (Å²) < 4.78 is 30.5. The van der Waals surface area contributed by atoms with Crippen LogP contribution >= 0.6 is 0 Å². The Kier molecular flexibility index (Phi) is 22.3. The molecule has 2 rings (SSSR count). The Bertz CT molecular complexity index is 913. The standard InChI is InChI=1S/C40H66O7/c1-5-9-13-17-21-25-43-35-29-33(30-36(39(35)41)44-26-22-18-14-10-6-2)47-34-31-37(45-27-23-19-15-11-7-3)40(42)38(32-34)46-28-24-20-16-12-8-4/h29-32,41-42H,5-28H2,1-4H3. The fourth-order valence-corrected chi connectivity index (χ4v) is 5.36. The van der Waals surface area contributed by atoms with Crippen molar-refractivity contribution in [2.75, 3.05) is 26.4 Å².